The van der Waals surface area contributed by atoms with Gasteiger partial charge in [0, 0.05) is 5.56 Å². The number of benzene rings is 1. The molecule has 1 rings (SSSR count). The number of anilines is 1. The van der Waals surface area contributed by atoms with Crippen LogP contribution in [0.4, 0.5) is 23.7 Å². The number of ether oxygens (including phenoxy) is 1. The van der Waals surface area contributed by atoms with Crippen LogP contribution in [0.25, 0.3) is 0 Å². The van der Waals surface area contributed by atoms with Crippen molar-refractivity contribution in [2.45, 2.75) is 13.1 Å². The fraction of sp³-hybridized carbons (Fsp3) is 0.273. The van der Waals surface area contributed by atoms with Gasteiger partial charge in [-0.15, -0.1) is 0 Å². The monoisotopic (exact) mass is 291 g/mol. The van der Waals surface area contributed by atoms with E-state index in [-0.39, 0.29) is 17.9 Å². The lowest BCUT2D eigenvalue weighted by molar-refractivity contribution is -0.0601. The summed E-state index contributed by atoms with van der Waals surface area (Å²) >= 11 is 0. The zero-order chi connectivity index (χ0) is 15.2. The average molecular weight is 291 g/mol. The Morgan fingerprint density at radius 1 is 1.45 bits per heavy atom. The average Bonchev–Trinajstić information content (AvgIpc) is 2.36. The SMILES string of the molecule is CCOC(=O)NNc1cccc(/C(=N/O)C(F)(F)F)c1. The lowest BCUT2D eigenvalue weighted by Crippen LogP contribution is -2.30. The fourth-order valence-corrected chi connectivity index (χ4v) is 1.31. The van der Waals surface area contributed by atoms with Crippen LogP contribution in [0.1, 0.15) is 12.5 Å². The van der Waals surface area contributed by atoms with Gasteiger partial charge in [-0.2, -0.15) is 13.2 Å². The molecular formula is C11H12F3N3O3. The molecule has 1 aromatic carbocycles. The van der Waals surface area contributed by atoms with Gasteiger partial charge in [0.2, 0.25) is 0 Å². The quantitative estimate of drug-likeness (QED) is 0.452. The molecule has 0 aliphatic heterocycles. The molecule has 0 aromatic heterocycles. The smallest absolute Gasteiger partial charge is 0.437 e. The minimum absolute atomic E-state index is 0.156. The van der Waals surface area contributed by atoms with E-state index in [9.17, 15) is 18.0 Å². The minimum atomic E-state index is -4.79. The van der Waals surface area contributed by atoms with Crippen molar-refractivity contribution in [1.29, 1.82) is 0 Å². The highest BCUT2D eigenvalue weighted by atomic mass is 19.4. The van der Waals surface area contributed by atoms with Crippen LogP contribution in [0.5, 0.6) is 0 Å². The minimum Gasteiger partial charge on any atom is -0.449 e. The summed E-state index contributed by atoms with van der Waals surface area (Å²) in [4.78, 5) is 11.0. The van der Waals surface area contributed by atoms with Crippen molar-refractivity contribution in [3.05, 3.63) is 29.8 Å². The van der Waals surface area contributed by atoms with E-state index in [1.54, 1.807) is 6.92 Å². The predicted octanol–water partition coefficient (Wildman–Crippen LogP) is 2.50. The van der Waals surface area contributed by atoms with E-state index in [4.69, 9.17) is 5.21 Å². The summed E-state index contributed by atoms with van der Waals surface area (Å²) < 4.78 is 42.2. The van der Waals surface area contributed by atoms with Gasteiger partial charge in [0.05, 0.1) is 12.3 Å². The van der Waals surface area contributed by atoms with Crippen LogP contribution >= 0.6 is 0 Å². The van der Waals surface area contributed by atoms with Crippen LogP contribution in [0.2, 0.25) is 0 Å². The summed E-state index contributed by atoms with van der Waals surface area (Å²) in [5.41, 5.74) is 2.88. The molecule has 110 valence electrons. The lowest BCUT2D eigenvalue weighted by Gasteiger charge is -2.11. The van der Waals surface area contributed by atoms with Crippen molar-refractivity contribution in [2.24, 2.45) is 5.16 Å². The van der Waals surface area contributed by atoms with E-state index in [1.165, 1.54) is 12.1 Å². The van der Waals surface area contributed by atoms with Gasteiger partial charge in [0.15, 0.2) is 5.71 Å². The van der Waals surface area contributed by atoms with Crippen LogP contribution in [0.3, 0.4) is 0 Å². The zero-order valence-corrected chi connectivity index (χ0v) is 10.4. The van der Waals surface area contributed by atoms with Crippen LogP contribution in [0, 0.1) is 0 Å². The first-order valence-electron chi connectivity index (χ1n) is 5.47. The van der Waals surface area contributed by atoms with E-state index in [1.807, 2.05) is 0 Å². The number of rotatable bonds is 4. The number of halogens is 3. The second-order valence-electron chi connectivity index (χ2n) is 3.50. The number of nitrogens with one attached hydrogen (secondary N) is 2. The van der Waals surface area contributed by atoms with E-state index in [2.05, 4.69) is 20.7 Å². The molecule has 0 radical (unpaired) electrons. The van der Waals surface area contributed by atoms with Crippen LogP contribution in [0.15, 0.2) is 29.4 Å². The molecule has 0 atom stereocenters. The molecule has 0 bridgehead atoms. The molecule has 0 spiro atoms. The first-order chi connectivity index (χ1) is 9.38. The summed E-state index contributed by atoms with van der Waals surface area (Å²) in [6.45, 7) is 1.76. The Labute approximate surface area is 112 Å². The molecule has 0 aliphatic rings. The third kappa shape index (κ3) is 4.34. The Morgan fingerprint density at radius 3 is 2.70 bits per heavy atom. The summed E-state index contributed by atoms with van der Waals surface area (Å²) in [6.07, 6.45) is -5.56. The molecule has 0 aliphatic carbocycles. The molecule has 0 saturated carbocycles. The molecule has 1 aromatic rings. The fourth-order valence-electron chi connectivity index (χ4n) is 1.31. The Morgan fingerprint density at radius 2 is 2.15 bits per heavy atom. The van der Waals surface area contributed by atoms with Gasteiger partial charge in [-0.3, -0.25) is 5.43 Å². The predicted molar refractivity (Wildman–Crippen MR) is 64.6 cm³/mol. The Balaban J connectivity index is 2.83. The largest absolute Gasteiger partial charge is 0.449 e. The van der Waals surface area contributed by atoms with Crippen molar-refractivity contribution in [3.8, 4) is 0 Å². The van der Waals surface area contributed by atoms with Crippen molar-refractivity contribution in [3.63, 3.8) is 0 Å². The standard InChI is InChI=1S/C11H12F3N3O3/c1-2-20-10(18)16-15-8-5-3-4-7(6-8)9(17-19)11(12,13)14/h3-6,15,19H,2H2,1H3,(H,16,18)/b17-9-. The molecule has 0 unspecified atom stereocenters. The highest BCUT2D eigenvalue weighted by Gasteiger charge is 2.37. The van der Waals surface area contributed by atoms with Crippen molar-refractivity contribution in [2.75, 3.05) is 12.0 Å². The third-order valence-corrected chi connectivity index (χ3v) is 2.09. The lowest BCUT2D eigenvalue weighted by atomic mass is 10.1. The molecule has 3 N–H and O–H groups in total. The van der Waals surface area contributed by atoms with E-state index in [0.29, 0.717) is 0 Å². The Bertz CT molecular complexity index is 503. The Kier molecular flexibility index (Phi) is 5.18. The van der Waals surface area contributed by atoms with Crippen molar-refractivity contribution < 1.29 is 27.9 Å². The van der Waals surface area contributed by atoms with Crippen LogP contribution < -0.4 is 10.9 Å². The first-order valence-corrected chi connectivity index (χ1v) is 5.47. The van der Waals surface area contributed by atoms with E-state index >= 15 is 0 Å². The molecule has 9 heteroatoms. The van der Waals surface area contributed by atoms with Crippen LogP contribution in [-0.4, -0.2) is 29.8 Å². The second-order valence-corrected chi connectivity index (χ2v) is 3.50. The first kappa shape index (κ1) is 15.6. The maximum absolute atomic E-state index is 12.6. The van der Waals surface area contributed by atoms with Gasteiger partial charge < -0.3 is 9.94 Å². The number of carbonyl (C=O) groups excluding carboxylic acids is 1. The van der Waals surface area contributed by atoms with Crippen molar-refractivity contribution in [1.82, 2.24) is 5.43 Å². The second kappa shape index (κ2) is 6.64. The number of hydrogen-bond acceptors (Lipinski definition) is 5. The number of nitrogens with zero attached hydrogens (tertiary/aromatic N) is 1. The van der Waals surface area contributed by atoms with Gasteiger partial charge in [-0.1, -0.05) is 17.3 Å². The van der Waals surface area contributed by atoms with Gasteiger partial charge in [0.25, 0.3) is 0 Å². The van der Waals surface area contributed by atoms with Gasteiger partial charge in [-0.05, 0) is 19.1 Å². The van der Waals surface area contributed by atoms with E-state index < -0.39 is 18.0 Å². The van der Waals surface area contributed by atoms with Gasteiger partial charge in [-0.25, -0.2) is 10.2 Å². The topological polar surface area (TPSA) is 83.0 Å². The van der Waals surface area contributed by atoms with Crippen molar-refractivity contribution >= 4 is 17.5 Å². The normalized spacial score (nSPS) is 11.9. The summed E-state index contributed by atoms with van der Waals surface area (Å²) in [6, 6.07) is 4.91. The number of hydrogen-bond donors (Lipinski definition) is 3. The molecular weight excluding hydrogens is 279 g/mol. The van der Waals surface area contributed by atoms with Gasteiger partial charge in [0.1, 0.15) is 0 Å². The molecule has 6 nitrogen and oxygen atoms in total. The summed E-state index contributed by atoms with van der Waals surface area (Å²) in [7, 11) is 0. The molecule has 1 amide bonds. The maximum Gasteiger partial charge on any atom is 0.437 e. The Hall–Kier alpha value is -2.45. The number of hydrazine groups is 1. The zero-order valence-electron chi connectivity index (χ0n) is 10.4. The highest BCUT2D eigenvalue weighted by molar-refractivity contribution is 6.04. The summed E-state index contributed by atoms with van der Waals surface area (Å²) in [5, 5.41) is 10.7. The molecule has 0 heterocycles. The maximum atomic E-state index is 12.6. The molecule has 20 heavy (non-hydrogen) atoms. The number of oxime groups is 1. The number of alkyl halides is 3. The number of amides is 1. The number of carbonyl (C=O) groups is 1. The summed E-state index contributed by atoms with van der Waals surface area (Å²) in [5.74, 6) is 0. The molecule has 0 fully saturated rings. The van der Waals surface area contributed by atoms with Crippen LogP contribution in [-0.2, 0) is 4.74 Å². The molecule has 0 saturated heterocycles. The van der Waals surface area contributed by atoms with E-state index in [0.717, 1.165) is 12.1 Å². The highest BCUT2D eigenvalue weighted by Crippen LogP contribution is 2.23. The third-order valence-electron chi connectivity index (χ3n) is 2.09. The van der Waals surface area contributed by atoms with Gasteiger partial charge >= 0.3 is 12.3 Å².